The van der Waals surface area contributed by atoms with Gasteiger partial charge in [0.25, 0.3) is 0 Å². The van der Waals surface area contributed by atoms with Crippen molar-refractivity contribution in [2.24, 2.45) is 4.99 Å². The first-order valence-electron chi connectivity index (χ1n) is 8.96. The van der Waals surface area contributed by atoms with Gasteiger partial charge >= 0.3 is 0 Å². The molecule has 2 rings (SSSR count). The van der Waals surface area contributed by atoms with Crippen molar-refractivity contribution >= 4 is 41.3 Å². The van der Waals surface area contributed by atoms with Crippen LogP contribution in [0.15, 0.2) is 29.4 Å². The maximum Gasteiger partial charge on any atom is 0.191 e. The summed E-state index contributed by atoms with van der Waals surface area (Å²) in [4.78, 5) is 11.8. The topological polar surface area (TPSA) is 52.6 Å². The fraction of sp³-hybridized carbons (Fsp3) is 0.474. The van der Waals surface area contributed by atoms with Gasteiger partial charge in [-0.3, -0.25) is 4.99 Å². The third-order valence-electron chi connectivity index (χ3n) is 4.02. The highest BCUT2D eigenvalue weighted by Gasteiger charge is 2.22. The molecule has 1 heterocycles. The molecule has 2 N–H and O–H groups in total. The van der Waals surface area contributed by atoms with Gasteiger partial charge in [-0.1, -0.05) is 6.07 Å². The molecular formula is C19H28F2IN5S. The molecule has 0 aliphatic heterocycles. The highest BCUT2D eigenvalue weighted by Crippen LogP contribution is 2.24. The summed E-state index contributed by atoms with van der Waals surface area (Å²) in [7, 11) is 3.58. The number of benzene rings is 1. The molecule has 1 aromatic heterocycles. The molecule has 0 spiro atoms. The first-order chi connectivity index (χ1) is 12.9. The Morgan fingerprint density at radius 1 is 1.25 bits per heavy atom. The Morgan fingerprint density at radius 3 is 2.46 bits per heavy atom. The molecule has 0 aliphatic carbocycles. The van der Waals surface area contributed by atoms with Crippen LogP contribution in [-0.4, -0.2) is 49.6 Å². The van der Waals surface area contributed by atoms with Crippen LogP contribution in [0, 0.1) is 18.6 Å². The van der Waals surface area contributed by atoms with Crippen molar-refractivity contribution in [1.29, 1.82) is 0 Å². The summed E-state index contributed by atoms with van der Waals surface area (Å²) in [6, 6.07) is 3.43. The van der Waals surface area contributed by atoms with Crippen LogP contribution in [0.4, 0.5) is 8.78 Å². The second kappa shape index (κ2) is 12.3. The van der Waals surface area contributed by atoms with Crippen LogP contribution in [0.3, 0.4) is 0 Å². The van der Waals surface area contributed by atoms with Crippen molar-refractivity contribution < 1.29 is 8.78 Å². The second-order valence-corrected chi connectivity index (χ2v) is 7.70. The van der Waals surface area contributed by atoms with Crippen LogP contribution < -0.4 is 10.6 Å². The lowest BCUT2D eigenvalue weighted by Crippen LogP contribution is -2.39. The minimum atomic E-state index is -0.555. The molecule has 1 atom stereocenters. The van der Waals surface area contributed by atoms with Crippen LogP contribution >= 0.6 is 35.3 Å². The summed E-state index contributed by atoms with van der Waals surface area (Å²) < 4.78 is 28.3. The predicted molar refractivity (Wildman–Crippen MR) is 123 cm³/mol. The number of nitrogens with one attached hydrogen (secondary N) is 2. The van der Waals surface area contributed by atoms with E-state index < -0.39 is 17.7 Å². The Labute approximate surface area is 186 Å². The van der Waals surface area contributed by atoms with E-state index in [-0.39, 0.29) is 36.1 Å². The van der Waals surface area contributed by atoms with Gasteiger partial charge in [0.1, 0.15) is 11.6 Å². The molecule has 156 valence electrons. The zero-order chi connectivity index (χ0) is 19.8. The number of aliphatic imine (C=N–C) groups is 1. The van der Waals surface area contributed by atoms with Gasteiger partial charge in [-0.15, -0.1) is 35.3 Å². The number of rotatable bonds is 8. The average Bonchev–Trinajstić information content (AvgIpc) is 3.02. The van der Waals surface area contributed by atoms with E-state index >= 15 is 0 Å². The van der Waals surface area contributed by atoms with E-state index in [0.29, 0.717) is 19.0 Å². The minimum Gasteiger partial charge on any atom is -0.357 e. The van der Waals surface area contributed by atoms with Crippen LogP contribution in [0.2, 0.25) is 0 Å². The zero-order valence-corrected chi connectivity index (χ0v) is 19.8. The van der Waals surface area contributed by atoms with Crippen LogP contribution in [0.25, 0.3) is 0 Å². The summed E-state index contributed by atoms with van der Waals surface area (Å²) in [5, 5.41) is 7.48. The normalized spacial score (nSPS) is 12.6. The number of guanidine groups is 1. The number of hydrogen-bond donors (Lipinski definition) is 2. The monoisotopic (exact) mass is 523 g/mol. The first kappa shape index (κ1) is 24.7. The summed E-state index contributed by atoms with van der Waals surface area (Å²) in [5.41, 5.74) is 0.0420. The lowest BCUT2D eigenvalue weighted by Gasteiger charge is -2.24. The van der Waals surface area contributed by atoms with Crippen molar-refractivity contribution in [3.8, 4) is 0 Å². The van der Waals surface area contributed by atoms with Crippen molar-refractivity contribution in [2.75, 3.05) is 33.7 Å². The third kappa shape index (κ3) is 7.25. The first-order valence-corrected chi connectivity index (χ1v) is 9.77. The van der Waals surface area contributed by atoms with E-state index in [1.165, 1.54) is 23.1 Å². The molecule has 0 saturated heterocycles. The molecule has 0 amide bonds. The molecule has 2 aromatic rings. The molecule has 0 saturated carbocycles. The van der Waals surface area contributed by atoms with E-state index in [4.69, 9.17) is 0 Å². The van der Waals surface area contributed by atoms with E-state index in [2.05, 4.69) is 20.6 Å². The molecule has 0 fully saturated rings. The van der Waals surface area contributed by atoms with Crippen molar-refractivity contribution in [3.63, 3.8) is 0 Å². The van der Waals surface area contributed by atoms with Crippen LogP contribution in [0.1, 0.15) is 28.4 Å². The molecule has 28 heavy (non-hydrogen) atoms. The fourth-order valence-electron chi connectivity index (χ4n) is 2.67. The fourth-order valence-corrected chi connectivity index (χ4v) is 3.45. The smallest absolute Gasteiger partial charge is 0.191 e. The molecule has 0 radical (unpaired) electrons. The number of likely N-dealkylation sites (N-methyl/N-ethyl adjacent to an activating group) is 1. The van der Waals surface area contributed by atoms with E-state index in [1.54, 1.807) is 30.3 Å². The van der Waals surface area contributed by atoms with Crippen molar-refractivity contribution in [2.45, 2.75) is 26.3 Å². The number of aryl methyl sites for hydroxylation is 1. The van der Waals surface area contributed by atoms with Gasteiger partial charge < -0.3 is 15.5 Å². The number of nitrogens with zero attached hydrogens (tertiary/aromatic N) is 3. The standard InChI is InChI=1S/C19H27F2N5S.HI/c1-5-22-19(23-10-9-17-24-11-13(2)27-17)25-12-16(26(3)4)18-14(20)7-6-8-15(18)21;/h6-8,11,16H,5,9-10,12H2,1-4H3,(H2,22,23,25);1H. The van der Waals surface area contributed by atoms with Crippen LogP contribution in [0.5, 0.6) is 0 Å². The molecule has 1 aromatic carbocycles. The average molecular weight is 523 g/mol. The lowest BCUT2D eigenvalue weighted by atomic mass is 10.0. The minimum absolute atomic E-state index is 0. The molecule has 0 bridgehead atoms. The lowest BCUT2D eigenvalue weighted by molar-refractivity contribution is 0.290. The van der Waals surface area contributed by atoms with Gasteiger partial charge in [-0.05, 0) is 40.1 Å². The second-order valence-electron chi connectivity index (χ2n) is 6.38. The highest BCUT2D eigenvalue weighted by atomic mass is 127. The summed E-state index contributed by atoms with van der Waals surface area (Å²) in [6.07, 6.45) is 2.66. The van der Waals surface area contributed by atoms with E-state index in [0.717, 1.165) is 11.4 Å². The Kier molecular flexibility index (Phi) is 10.8. The molecule has 0 aliphatic rings. The number of hydrogen-bond acceptors (Lipinski definition) is 4. The Bertz CT molecular complexity index is 746. The number of thiazole rings is 1. The van der Waals surface area contributed by atoms with Gasteiger partial charge in [0.05, 0.1) is 17.6 Å². The third-order valence-corrected chi connectivity index (χ3v) is 5.00. The van der Waals surface area contributed by atoms with E-state index in [9.17, 15) is 8.78 Å². The van der Waals surface area contributed by atoms with Crippen molar-refractivity contribution in [3.05, 3.63) is 51.5 Å². The summed E-state index contributed by atoms with van der Waals surface area (Å²) in [6.45, 7) is 5.61. The van der Waals surface area contributed by atoms with Gasteiger partial charge in [-0.2, -0.15) is 0 Å². The number of halogens is 3. The molecular weight excluding hydrogens is 495 g/mol. The predicted octanol–water partition coefficient (Wildman–Crippen LogP) is 3.75. The summed E-state index contributed by atoms with van der Waals surface area (Å²) >= 11 is 1.67. The van der Waals surface area contributed by atoms with Crippen LogP contribution in [-0.2, 0) is 6.42 Å². The Balaban J connectivity index is 0.00000392. The quantitative estimate of drug-likeness (QED) is 0.315. The SMILES string of the molecule is CCNC(=NCC(c1c(F)cccc1F)N(C)C)NCCc1ncc(C)s1.I. The van der Waals surface area contributed by atoms with Gasteiger partial charge in [0.15, 0.2) is 5.96 Å². The van der Waals surface area contributed by atoms with Crippen molar-refractivity contribution in [1.82, 2.24) is 20.5 Å². The molecule has 5 nitrogen and oxygen atoms in total. The van der Waals surface area contributed by atoms with Gasteiger partial charge in [0.2, 0.25) is 0 Å². The van der Waals surface area contributed by atoms with E-state index in [1.807, 2.05) is 20.0 Å². The molecule has 9 heteroatoms. The Morgan fingerprint density at radius 2 is 1.93 bits per heavy atom. The maximum atomic E-state index is 14.2. The van der Waals surface area contributed by atoms with Gasteiger partial charge in [-0.25, -0.2) is 13.8 Å². The largest absolute Gasteiger partial charge is 0.357 e. The number of aromatic nitrogens is 1. The highest BCUT2D eigenvalue weighted by molar-refractivity contribution is 14.0. The zero-order valence-electron chi connectivity index (χ0n) is 16.6. The molecule has 1 unspecified atom stereocenters. The summed E-state index contributed by atoms with van der Waals surface area (Å²) in [5.74, 6) is -0.489. The Hall–Kier alpha value is -1.33. The van der Waals surface area contributed by atoms with Gasteiger partial charge in [0, 0.05) is 36.1 Å². The maximum absolute atomic E-state index is 14.2.